The van der Waals surface area contributed by atoms with Gasteiger partial charge in [0.05, 0.1) is 0 Å². The van der Waals surface area contributed by atoms with Crippen molar-refractivity contribution in [2.75, 3.05) is 0 Å². The van der Waals surface area contributed by atoms with Crippen LogP contribution in [0.2, 0.25) is 0 Å². The van der Waals surface area contributed by atoms with Gasteiger partial charge in [-0.1, -0.05) is 18.2 Å². The predicted octanol–water partition coefficient (Wildman–Crippen LogP) is 3.08. The molecule has 2 N–H and O–H groups in total. The van der Waals surface area contributed by atoms with E-state index in [0.29, 0.717) is 0 Å². The second-order valence-corrected chi connectivity index (χ2v) is 4.46. The van der Waals surface area contributed by atoms with E-state index in [-0.39, 0.29) is 6.10 Å². The Hall–Kier alpha value is -1.59. The van der Waals surface area contributed by atoms with Crippen molar-refractivity contribution >= 4 is 27.5 Å². The molecule has 16 heavy (non-hydrogen) atoms. The monoisotopic (exact) mass is 237 g/mol. The Morgan fingerprint density at radius 1 is 1.50 bits per heavy atom. The van der Waals surface area contributed by atoms with Crippen LogP contribution in [0.1, 0.15) is 17.9 Å². The lowest BCUT2D eigenvalue weighted by Gasteiger charge is -2.09. The number of carbonyl (C=O) groups excluding carboxylic acids is 1. The Bertz CT molecular complexity index is 476. The van der Waals surface area contributed by atoms with Gasteiger partial charge in [0, 0.05) is 9.58 Å². The predicted molar refractivity (Wildman–Crippen MR) is 61.6 cm³/mol. The summed E-state index contributed by atoms with van der Waals surface area (Å²) in [5, 5.41) is 9.48. The van der Waals surface area contributed by atoms with E-state index < -0.39 is 6.09 Å². The maximum atomic E-state index is 10.8. The fraction of sp³-hybridized carbons (Fsp3) is 0.182. The number of thiophene rings is 1. The lowest BCUT2D eigenvalue weighted by Crippen LogP contribution is -2.21. The van der Waals surface area contributed by atoms with Gasteiger partial charge in [0.15, 0.2) is 0 Å². The van der Waals surface area contributed by atoms with Crippen LogP contribution in [-0.4, -0.2) is 11.3 Å². The van der Waals surface area contributed by atoms with Crippen LogP contribution in [0.3, 0.4) is 0 Å². The molecule has 4 nitrogen and oxygen atoms in total. The number of rotatable bonds is 2. The van der Waals surface area contributed by atoms with Gasteiger partial charge in [0.2, 0.25) is 0 Å². The van der Waals surface area contributed by atoms with Crippen LogP contribution in [0.5, 0.6) is 0 Å². The van der Waals surface area contributed by atoms with Crippen LogP contribution in [0, 0.1) is 0 Å². The van der Waals surface area contributed by atoms with E-state index in [4.69, 9.17) is 9.94 Å². The number of amides is 1. The second kappa shape index (κ2) is 4.51. The van der Waals surface area contributed by atoms with Crippen molar-refractivity contribution < 1.29 is 14.7 Å². The van der Waals surface area contributed by atoms with Crippen molar-refractivity contribution in [2.45, 2.75) is 13.0 Å². The smallest absolute Gasteiger partial charge is 0.431 e. The normalized spacial score (nSPS) is 12.4. The summed E-state index contributed by atoms with van der Waals surface area (Å²) in [4.78, 5) is 11.8. The van der Waals surface area contributed by atoms with E-state index in [1.54, 1.807) is 18.3 Å². The van der Waals surface area contributed by atoms with Crippen molar-refractivity contribution in [3.63, 3.8) is 0 Å². The third-order valence-electron chi connectivity index (χ3n) is 2.22. The molecule has 0 aliphatic rings. The van der Waals surface area contributed by atoms with Crippen molar-refractivity contribution in [1.82, 2.24) is 5.48 Å². The molecule has 1 heterocycles. The largest absolute Gasteiger partial charge is 0.439 e. The standard InChI is InChI=1S/C11H11NO3S/c1-7(15-11(13)12-14)10-6-8-4-2-3-5-9(8)16-10/h2-7,14H,1H3,(H,12,13). The van der Waals surface area contributed by atoms with E-state index in [1.807, 2.05) is 30.3 Å². The highest BCUT2D eigenvalue weighted by molar-refractivity contribution is 7.19. The molecule has 0 radical (unpaired) electrons. The third kappa shape index (κ3) is 2.15. The summed E-state index contributed by atoms with van der Waals surface area (Å²) in [6.45, 7) is 1.76. The molecule has 1 unspecified atom stereocenters. The number of hydroxylamine groups is 1. The molecule has 2 aromatic rings. The Labute approximate surface area is 96.4 Å². The van der Waals surface area contributed by atoms with Gasteiger partial charge in [-0.3, -0.25) is 5.21 Å². The zero-order valence-electron chi connectivity index (χ0n) is 8.64. The molecule has 1 aromatic carbocycles. The molecule has 0 aliphatic carbocycles. The summed E-state index contributed by atoms with van der Waals surface area (Å²) >= 11 is 1.57. The van der Waals surface area contributed by atoms with Crippen LogP contribution < -0.4 is 5.48 Å². The molecule has 2 rings (SSSR count). The van der Waals surface area contributed by atoms with E-state index in [9.17, 15) is 4.79 Å². The molecule has 0 aliphatic heterocycles. The summed E-state index contributed by atoms with van der Waals surface area (Å²) in [6.07, 6.45) is -1.21. The Kier molecular flexibility index (Phi) is 3.07. The van der Waals surface area contributed by atoms with Gasteiger partial charge in [-0.2, -0.15) is 0 Å². The number of fused-ring (bicyclic) bond motifs is 1. The Morgan fingerprint density at radius 2 is 2.25 bits per heavy atom. The van der Waals surface area contributed by atoms with Crippen LogP contribution in [0.4, 0.5) is 4.79 Å². The molecule has 0 fully saturated rings. The molecule has 0 spiro atoms. The summed E-state index contributed by atoms with van der Waals surface area (Å²) in [5.74, 6) is 0. The molecule has 1 atom stereocenters. The van der Waals surface area contributed by atoms with Gasteiger partial charge in [0.1, 0.15) is 6.10 Å². The number of carbonyl (C=O) groups is 1. The molecular weight excluding hydrogens is 226 g/mol. The fourth-order valence-electron chi connectivity index (χ4n) is 1.45. The number of benzene rings is 1. The minimum absolute atomic E-state index is 0.371. The summed E-state index contributed by atoms with van der Waals surface area (Å²) in [7, 11) is 0. The maximum absolute atomic E-state index is 10.8. The van der Waals surface area contributed by atoms with E-state index in [0.717, 1.165) is 15.0 Å². The van der Waals surface area contributed by atoms with Gasteiger partial charge in [0.25, 0.3) is 0 Å². The number of ether oxygens (including phenoxy) is 1. The van der Waals surface area contributed by atoms with Crippen LogP contribution in [-0.2, 0) is 4.74 Å². The van der Waals surface area contributed by atoms with Crippen LogP contribution in [0.25, 0.3) is 10.1 Å². The molecule has 1 amide bonds. The first-order chi connectivity index (χ1) is 7.70. The zero-order valence-corrected chi connectivity index (χ0v) is 9.45. The lowest BCUT2D eigenvalue weighted by atomic mass is 10.2. The van der Waals surface area contributed by atoms with Gasteiger partial charge in [-0.25, -0.2) is 10.3 Å². The minimum Gasteiger partial charge on any atom is -0.439 e. The minimum atomic E-state index is -0.843. The average molecular weight is 237 g/mol. The van der Waals surface area contributed by atoms with Crippen LogP contribution >= 0.6 is 11.3 Å². The maximum Gasteiger partial charge on any atom is 0.431 e. The summed E-state index contributed by atoms with van der Waals surface area (Å²) < 4.78 is 6.08. The fourth-order valence-corrected chi connectivity index (χ4v) is 2.49. The van der Waals surface area contributed by atoms with Crippen molar-refractivity contribution in [1.29, 1.82) is 0 Å². The first-order valence-electron chi connectivity index (χ1n) is 4.80. The SMILES string of the molecule is CC(OC(=O)NO)c1cc2ccccc2s1. The topological polar surface area (TPSA) is 58.6 Å². The Balaban J connectivity index is 2.23. The number of hydrogen-bond acceptors (Lipinski definition) is 4. The van der Waals surface area contributed by atoms with E-state index in [2.05, 4.69) is 0 Å². The van der Waals surface area contributed by atoms with Gasteiger partial charge >= 0.3 is 6.09 Å². The van der Waals surface area contributed by atoms with Crippen LogP contribution in [0.15, 0.2) is 30.3 Å². The first kappa shape index (κ1) is 10.9. The highest BCUT2D eigenvalue weighted by atomic mass is 32.1. The zero-order chi connectivity index (χ0) is 11.5. The van der Waals surface area contributed by atoms with E-state index >= 15 is 0 Å². The third-order valence-corrected chi connectivity index (χ3v) is 3.50. The first-order valence-corrected chi connectivity index (χ1v) is 5.61. The summed E-state index contributed by atoms with van der Waals surface area (Å²) in [5.41, 5.74) is 1.44. The number of hydrogen-bond donors (Lipinski definition) is 2. The summed E-state index contributed by atoms with van der Waals surface area (Å²) in [6, 6.07) is 9.94. The van der Waals surface area contributed by atoms with Crippen molar-refractivity contribution in [3.05, 3.63) is 35.2 Å². The van der Waals surface area contributed by atoms with Crippen molar-refractivity contribution in [2.24, 2.45) is 0 Å². The molecule has 0 saturated carbocycles. The van der Waals surface area contributed by atoms with Gasteiger partial charge in [-0.05, 0) is 24.4 Å². The molecule has 0 bridgehead atoms. The molecule has 1 aromatic heterocycles. The molecule has 0 saturated heterocycles. The average Bonchev–Trinajstić information content (AvgIpc) is 2.72. The Morgan fingerprint density at radius 3 is 2.94 bits per heavy atom. The highest BCUT2D eigenvalue weighted by Gasteiger charge is 2.13. The number of nitrogens with one attached hydrogen (secondary N) is 1. The lowest BCUT2D eigenvalue weighted by molar-refractivity contribution is 0.0634. The van der Waals surface area contributed by atoms with Gasteiger partial charge < -0.3 is 4.74 Å². The van der Waals surface area contributed by atoms with Gasteiger partial charge in [-0.15, -0.1) is 11.3 Å². The highest BCUT2D eigenvalue weighted by Crippen LogP contribution is 2.31. The molecule has 5 heteroatoms. The quantitative estimate of drug-likeness (QED) is 0.623. The van der Waals surface area contributed by atoms with E-state index in [1.165, 1.54) is 5.48 Å². The molecular formula is C11H11NO3S. The second-order valence-electron chi connectivity index (χ2n) is 3.35. The van der Waals surface area contributed by atoms with Crippen molar-refractivity contribution in [3.8, 4) is 0 Å². The molecule has 84 valence electrons.